The highest BCUT2D eigenvalue weighted by molar-refractivity contribution is 5.72. The van der Waals surface area contributed by atoms with Crippen LogP contribution in [0.1, 0.15) is 26.5 Å². The lowest BCUT2D eigenvalue weighted by Crippen LogP contribution is -2.28. The highest BCUT2D eigenvalue weighted by Gasteiger charge is 2.20. The molecule has 0 saturated heterocycles. The van der Waals surface area contributed by atoms with Gasteiger partial charge in [-0.25, -0.2) is 4.79 Å². The van der Waals surface area contributed by atoms with Crippen LogP contribution in [0, 0.1) is 6.92 Å². The summed E-state index contributed by atoms with van der Waals surface area (Å²) < 4.78 is 11.6. The summed E-state index contributed by atoms with van der Waals surface area (Å²) in [5.41, 5.74) is 1.41. The molecule has 0 aliphatic rings. The number of nitrogens with zero attached hydrogens (tertiary/aromatic N) is 3. The van der Waals surface area contributed by atoms with Crippen LogP contribution < -0.4 is 4.74 Å². The maximum Gasteiger partial charge on any atom is 0.435 e. The van der Waals surface area contributed by atoms with Crippen molar-refractivity contribution < 1.29 is 14.3 Å². The van der Waals surface area contributed by atoms with Crippen LogP contribution in [0.15, 0.2) is 24.4 Å². The van der Waals surface area contributed by atoms with Gasteiger partial charge in [0.25, 0.3) is 0 Å². The molecule has 2 aromatic heterocycles. The molecule has 6 heteroatoms. The molecule has 0 unspecified atom stereocenters. The van der Waals surface area contributed by atoms with Crippen molar-refractivity contribution >= 4 is 6.09 Å². The van der Waals surface area contributed by atoms with Crippen molar-refractivity contribution in [2.45, 2.75) is 33.3 Å². The van der Waals surface area contributed by atoms with Gasteiger partial charge in [0.05, 0.1) is 19.0 Å². The summed E-state index contributed by atoms with van der Waals surface area (Å²) in [6.07, 6.45) is 1.11. The van der Waals surface area contributed by atoms with Crippen LogP contribution in [0.5, 0.6) is 5.75 Å². The summed E-state index contributed by atoms with van der Waals surface area (Å²) in [5.74, 6) is 0.669. The lowest BCUT2D eigenvalue weighted by Gasteiger charge is -2.19. The number of pyridine rings is 1. The van der Waals surface area contributed by atoms with Crippen molar-refractivity contribution in [3.63, 3.8) is 0 Å². The van der Waals surface area contributed by atoms with E-state index >= 15 is 0 Å². The van der Waals surface area contributed by atoms with Crippen molar-refractivity contribution in [2.24, 2.45) is 0 Å². The Hall–Kier alpha value is -2.37. The van der Waals surface area contributed by atoms with Crippen molar-refractivity contribution in [1.82, 2.24) is 14.8 Å². The fourth-order valence-electron chi connectivity index (χ4n) is 1.74. The Bertz CT molecular complexity index is 639. The maximum atomic E-state index is 12.1. The van der Waals surface area contributed by atoms with E-state index in [1.165, 1.54) is 4.68 Å². The van der Waals surface area contributed by atoms with Crippen LogP contribution in [0.4, 0.5) is 4.79 Å². The van der Waals surface area contributed by atoms with Gasteiger partial charge in [-0.15, -0.1) is 0 Å². The third-order valence-electron chi connectivity index (χ3n) is 2.69. The van der Waals surface area contributed by atoms with Gasteiger partial charge in [-0.3, -0.25) is 4.98 Å². The van der Waals surface area contributed by atoms with Gasteiger partial charge in [0.1, 0.15) is 17.0 Å². The van der Waals surface area contributed by atoms with E-state index in [1.54, 1.807) is 38.4 Å². The molecule has 0 aliphatic heterocycles. The lowest BCUT2D eigenvalue weighted by molar-refractivity contribution is 0.0511. The van der Waals surface area contributed by atoms with Gasteiger partial charge in [-0.2, -0.15) is 9.78 Å². The molecule has 0 saturated carbocycles. The zero-order chi connectivity index (χ0) is 15.6. The quantitative estimate of drug-likeness (QED) is 0.850. The van der Waals surface area contributed by atoms with Crippen LogP contribution in [0.25, 0.3) is 11.4 Å². The third-order valence-corrected chi connectivity index (χ3v) is 2.69. The Morgan fingerprint density at radius 1 is 1.24 bits per heavy atom. The molecule has 0 aromatic carbocycles. The van der Waals surface area contributed by atoms with E-state index in [0.29, 0.717) is 22.8 Å². The summed E-state index contributed by atoms with van der Waals surface area (Å²) >= 11 is 0. The second-order valence-corrected chi connectivity index (χ2v) is 5.65. The van der Waals surface area contributed by atoms with E-state index in [0.717, 1.165) is 0 Å². The number of rotatable bonds is 2. The number of methoxy groups -OCH3 is 1. The predicted molar refractivity (Wildman–Crippen MR) is 78.4 cm³/mol. The van der Waals surface area contributed by atoms with Crippen LogP contribution in [0.3, 0.4) is 0 Å². The molecule has 0 N–H and O–H groups in total. The Morgan fingerprint density at radius 3 is 2.48 bits per heavy atom. The molecule has 0 atom stereocenters. The SMILES string of the molecule is COc1ccc(-c2cc(C)n(C(=O)OC(C)(C)C)n2)nc1. The molecule has 0 aliphatic carbocycles. The molecule has 0 spiro atoms. The molecule has 21 heavy (non-hydrogen) atoms. The zero-order valence-electron chi connectivity index (χ0n) is 12.9. The van der Waals surface area contributed by atoms with E-state index in [-0.39, 0.29) is 0 Å². The highest BCUT2D eigenvalue weighted by atomic mass is 16.6. The van der Waals surface area contributed by atoms with E-state index < -0.39 is 11.7 Å². The molecule has 0 amide bonds. The van der Waals surface area contributed by atoms with Crippen molar-refractivity contribution in [3.05, 3.63) is 30.1 Å². The Balaban J connectivity index is 2.27. The number of hydrogen-bond donors (Lipinski definition) is 0. The molecule has 0 fully saturated rings. The second-order valence-electron chi connectivity index (χ2n) is 5.65. The maximum absolute atomic E-state index is 12.1. The first-order valence-corrected chi connectivity index (χ1v) is 6.60. The second kappa shape index (κ2) is 5.55. The van der Waals surface area contributed by atoms with Gasteiger partial charge in [-0.1, -0.05) is 0 Å². The molecule has 112 valence electrons. The van der Waals surface area contributed by atoms with E-state index in [1.807, 2.05) is 20.8 Å². The first kappa shape index (κ1) is 15.0. The summed E-state index contributed by atoms with van der Waals surface area (Å²) in [4.78, 5) is 16.3. The molecule has 2 heterocycles. The van der Waals surface area contributed by atoms with E-state index in [9.17, 15) is 4.79 Å². The summed E-state index contributed by atoms with van der Waals surface area (Å²) in [6, 6.07) is 5.38. The van der Waals surface area contributed by atoms with Crippen molar-refractivity contribution in [1.29, 1.82) is 0 Å². The van der Waals surface area contributed by atoms with Crippen molar-refractivity contribution in [3.8, 4) is 17.1 Å². The average molecular weight is 289 g/mol. The molecule has 0 radical (unpaired) electrons. The number of aromatic nitrogens is 3. The minimum atomic E-state index is -0.562. The van der Waals surface area contributed by atoms with Crippen LogP contribution in [0.2, 0.25) is 0 Å². The minimum Gasteiger partial charge on any atom is -0.495 e. The first-order valence-electron chi connectivity index (χ1n) is 6.60. The predicted octanol–water partition coefficient (Wildman–Crippen LogP) is 3.05. The van der Waals surface area contributed by atoms with Gasteiger partial charge in [0.2, 0.25) is 0 Å². The largest absolute Gasteiger partial charge is 0.495 e. The zero-order valence-corrected chi connectivity index (χ0v) is 12.9. The first-order chi connectivity index (χ1) is 9.80. The van der Waals surface area contributed by atoms with Gasteiger partial charge in [0.15, 0.2) is 0 Å². The topological polar surface area (TPSA) is 66.2 Å². The molecule has 0 bridgehead atoms. The molecular formula is C15H19N3O3. The molecule has 6 nitrogen and oxygen atoms in total. The Kier molecular flexibility index (Phi) is 3.97. The summed E-state index contributed by atoms with van der Waals surface area (Å²) in [6.45, 7) is 7.24. The number of carbonyl (C=O) groups is 1. The fourth-order valence-corrected chi connectivity index (χ4v) is 1.74. The third kappa shape index (κ3) is 3.59. The summed E-state index contributed by atoms with van der Waals surface area (Å²) in [5, 5.41) is 4.26. The Morgan fingerprint density at radius 2 is 1.95 bits per heavy atom. The smallest absolute Gasteiger partial charge is 0.435 e. The normalized spacial score (nSPS) is 11.3. The Labute approximate surface area is 123 Å². The molecular weight excluding hydrogens is 270 g/mol. The van der Waals surface area contributed by atoms with Gasteiger partial charge >= 0.3 is 6.09 Å². The van der Waals surface area contributed by atoms with Crippen LogP contribution >= 0.6 is 0 Å². The summed E-state index contributed by atoms with van der Waals surface area (Å²) in [7, 11) is 1.58. The van der Waals surface area contributed by atoms with Gasteiger partial charge in [0, 0.05) is 5.69 Å². The number of hydrogen-bond acceptors (Lipinski definition) is 5. The lowest BCUT2D eigenvalue weighted by atomic mass is 10.2. The van der Waals surface area contributed by atoms with Crippen LogP contribution in [-0.4, -0.2) is 33.6 Å². The fraction of sp³-hybridized carbons (Fsp3) is 0.400. The number of carbonyl (C=O) groups excluding carboxylic acids is 1. The highest BCUT2D eigenvalue weighted by Crippen LogP contribution is 2.20. The monoisotopic (exact) mass is 289 g/mol. The standard InChI is InChI=1S/C15H19N3O3/c1-10-8-13(12-7-6-11(20-5)9-16-12)17-18(10)14(19)21-15(2,3)4/h6-9H,1-5H3. The number of aryl methyl sites for hydroxylation is 1. The minimum absolute atomic E-state index is 0.500. The van der Waals surface area contributed by atoms with Gasteiger partial charge in [-0.05, 0) is 45.9 Å². The van der Waals surface area contributed by atoms with Crippen molar-refractivity contribution in [2.75, 3.05) is 7.11 Å². The molecule has 2 rings (SSSR count). The van der Waals surface area contributed by atoms with E-state index in [2.05, 4.69) is 10.1 Å². The number of ether oxygens (including phenoxy) is 2. The van der Waals surface area contributed by atoms with Crippen LogP contribution in [-0.2, 0) is 4.74 Å². The molecule has 2 aromatic rings. The van der Waals surface area contributed by atoms with E-state index in [4.69, 9.17) is 9.47 Å². The average Bonchev–Trinajstić information content (AvgIpc) is 2.79. The van der Waals surface area contributed by atoms with Gasteiger partial charge < -0.3 is 9.47 Å².